The summed E-state index contributed by atoms with van der Waals surface area (Å²) in [6, 6.07) is 1.83. The Labute approximate surface area is 104 Å². The number of thiazole rings is 1. The monoisotopic (exact) mass is 304 g/mol. The molecule has 15 heavy (non-hydrogen) atoms. The van der Waals surface area contributed by atoms with Crippen molar-refractivity contribution < 1.29 is 4.74 Å². The highest BCUT2D eigenvalue weighted by molar-refractivity contribution is 9.10. The first-order chi connectivity index (χ1) is 7.28. The maximum atomic E-state index is 5.66. The van der Waals surface area contributed by atoms with Gasteiger partial charge in [0.1, 0.15) is 5.75 Å². The van der Waals surface area contributed by atoms with Gasteiger partial charge in [0, 0.05) is 21.7 Å². The van der Waals surface area contributed by atoms with E-state index in [4.69, 9.17) is 16.3 Å². The highest BCUT2D eigenvalue weighted by Gasteiger charge is 2.04. The maximum absolute atomic E-state index is 5.66. The zero-order valence-corrected chi connectivity index (χ0v) is 10.6. The van der Waals surface area contributed by atoms with E-state index in [0.717, 1.165) is 9.35 Å². The molecule has 0 aliphatic rings. The van der Waals surface area contributed by atoms with Gasteiger partial charge in [-0.2, -0.15) is 0 Å². The molecule has 0 radical (unpaired) electrons. The summed E-state index contributed by atoms with van der Waals surface area (Å²) in [5.41, 5.74) is 0. The SMILES string of the molecule is ClCc1cnc(Oc2cncc(Br)c2)s1. The Kier molecular flexibility index (Phi) is 3.56. The number of aromatic nitrogens is 2. The number of pyridine rings is 1. The fourth-order valence-corrected chi connectivity index (χ4v) is 2.15. The summed E-state index contributed by atoms with van der Waals surface area (Å²) >= 11 is 10.4. The van der Waals surface area contributed by atoms with Crippen molar-refractivity contribution in [1.82, 2.24) is 9.97 Å². The van der Waals surface area contributed by atoms with Crippen molar-refractivity contribution in [2.24, 2.45) is 0 Å². The minimum absolute atomic E-state index is 0.456. The lowest BCUT2D eigenvalue weighted by Gasteiger charge is -2.00. The number of hydrogen-bond acceptors (Lipinski definition) is 4. The Morgan fingerprint density at radius 1 is 1.40 bits per heavy atom. The largest absolute Gasteiger partial charge is 0.429 e. The molecular formula is C9H6BrClN2OS. The Balaban J connectivity index is 2.14. The molecule has 0 aliphatic heterocycles. The van der Waals surface area contributed by atoms with E-state index in [9.17, 15) is 0 Å². The van der Waals surface area contributed by atoms with Crippen LogP contribution in [0.5, 0.6) is 10.9 Å². The predicted octanol–water partition coefficient (Wildman–Crippen LogP) is 3.83. The predicted molar refractivity (Wildman–Crippen MR) is 63.7 cm³/mol. The van der Waals surface area contributed by atoms with Crippen LogP contribution in [0.3, 0.4) is 0 Å². The van der Waals surface area contributed by atoms with Crippen LogP contribution in [0.4, 0.5) is 0 Å². The smallest absolute Gasteiger partial charge is 0.278 e. The van der Waals surface area contributed by atoms with Crippen molar-refractivity contribution in [3.05, 3.63) is 34.0 Å². The fraction of sp³-hybridized carbons (Fsp3) is 0.111. The summed E-state index contributed by atoms with van der Waals surface area (Å²) in [4.78, 5) is 9.05. The van der Waals surface area contributed by atoms with Gasteiger partial charge in [0.2, 0.25) is 0 Å². The second-order valence-corrected chi connectivity index (χ2v) is 4.93. The topological polar surface area (TPSA) is 35.0 Å². The molecule has 0 atom stereocenters. The second-order valence-electron chi connectivity index (χ2n) is 2.67. The average molecular weight is 306 g/mol. The van der Waals surface area contributed by atoms with Crippen LogP contribution >= 0.6 is 38.9 Å². The van der Waals surface area contributed by atoms with E-state index >= 15 is 0 Å². The summed E-state index contributed by atoms with van der Waals surface area (Å²) in [5, 5.41) is 0.575. The number of ether oxygens (including phenoxy) is 1. The van der Waals surface area contributed by atoms with Gasteiger partial charge in [-0.25, -0.2) is 4.98 Å². The summed E-state index contributed by atoms with van der Waals surface area (Å²) in [5.74, 6) is 1.11. The van der Waals surface area contributed by atoms with Gasteiger partial charge in [-0.3, -0.25) is 4.98 Å². The van der Waals surface area contributed by atoms with Gasteiger partial charge >= 0.3 is 0 Å². The van der Waals surface area contributed by atoms with Gasteiger partial charge in [0.15, 0.2) is 0 Å². The number of alkyl halides is 1. The van der Waals surface area contributed by atoms with Crippen molar-refractivity contribution in [1.29, 1.82) is 0 Å². The number of rotatable bonds is 3. The standard InChI is InChI=1S/C9H6BrClN2OS/c10-6-1-7(4-12-3-6)14-9-13-5-8(2-11)15-9/h1,3-5H,2H2. The lowest BCUT2D eigenvalue weighted by Crippen LogP contribution is -1.83. The van der Waals surface area contributed by atoms with Crippen molar-refractivity contribution >= 4 is 38.9 Å². The third kappa shape index (κ3) is 2.90. The Morgan fingerprint density at radius 2 is 2.27 bits per heavy atom. The molecule has 0 aliphatic carbocycles. The van der Waals surface area contributed by atoms with E-state index in [-0.39, 0.29) is 0 Å². The molecule has 3 nitrogen and oxygen atoms in total. The minimum atomic E-state index is 0.456. The molecule has 0 N–H and O–H groups in total. The molecule has 2 aromatic rings. The summed E-state index contributed by atoms with van der Waals surface area (Å²) < 4.78 is 6.37. The first-order valence-electron chi connectivity index (χ1n) is 4.07. The highest BCUT2D eigenvalue weighted by atomic mass is 79.9. The van der Waals surface area contributed by atoms with Crippen LogP contribution in [0.1, 0.15) is 4.88 Å². The fourth-order valence-electron chi connectivity index (χ4n) is 0.948. The first kappa shape index (κ1) is 10.9. The molecule has 0 saturated heterocycles. The highest BCUT2D eigenvalue weighted by Crippen LogP contribution is 2.27. The molecule has 0 saturated carbocycles. The lowest BCUT2D eigenvalue weighted by atomic mass is 10.5. The third-order valence-corrected chi connectivity index (χ3v) is 3.30. The molecule has 0 fully saturated rings. The number of halogens is 2. The zero-order chi connectivity index (χ0) is 10.7. The molecule has 0 unspecified atom stereocenters. The minimum Gasteiger partial charge on any atom is -0.429 e. The van der Waals surface area contributed by atoms with Gasteiger partial charge in [0.05, 0.1) is 12.1 Å². The van der Waals surface area contributed by atoms with Crippen LogP contribution in [-0.2, 0) is 5.88 Å². The molecule has 2 aromatic heterocycles. The third-order valence-electron chi connectivity index (χ3n) is 1.55. The quantitative estimate of drug-likeness (QED) is 0.808. The Hall–Kier alpha value is -0.650. The van der Waals surface area contributed by atoms with E-state index in [0.29, 0.717) is 16.8 Å². The second kappa shape index (κ2) is 4.92. The van der Waals surface area contributed by atoms with Crippen molar-refractivity contribution in [2.45, 2.75) is 5.88 Å². The molecule has 0 aromatic carbocycles. The average Bonchev–Trinajstić information content (AvgIpc) is 2.65. The molecule has 6 heteroatoms. The van der Waals surface area contributed by atoms with E-state index in [2.05, 4.69) is 25.9 Å². The summed E-state index contributed by atoms with van der Waals surface area (Å²) in [7, 11) is 0. The van der Waals surface area contributed by atoms with E-state index in [1.165, 1.54) is 11.3 Å². The van der Waals surface area contributed by atoms with Gasteiger partial charge in [-0.15, -0.1) is 11.6 Å². The van der Waals surface area contributed by atoms with Gasteiger partial charge in [-0.1, -0.05) is 11.3 Å². The molecule has 78 valence electrons. The van der Waals surface area contributed by atoms with Gasteiger partial charge in [-0.05, 0) is 22.0 Å². The van der Waals surface area contributed by atoms with E-state index in [1.807, 2.05) is 6.07 Å². The van der Waals surface area contributed by atoms with Crippen LogP contribution in [0.15, 0.2) is 29.1 Å². The molecule has 2 heterocycles. The van der Waals surface area contributed by atoms with Crippen molar-refractivity contribution in [3.63, 3.8) is 0 Å². The van der Waals surface area contributed by atoms with Gasteiger partial charge < -0.3 is 4.74 Å². The number of hydrogen-bond donors (Lipinski definition) is 0. The normalized spacial score (nSPS) is 10.3. The number of nitrogens with zero attached hydrogens (tertiary/aromatic N) is 2. The molecule has 0 amide bonds. The molecular weight excluding hydrogens is 300 g/mol. The van der Waals surface area contributed by atoms with Crippen molar-refractivity contribution in [3.8, 4) is 10.9 Å². The molecule has 0 spiro atoms. The van der Waals surface area contributed by atoms with Crippen molar-refractivity contribution in [2.75, 3.05) is 0 Å². The van der Waals surface area contributed by atoms with E-state index in [1.54, 1.807) is 18.6 Å². The van der Waals surface area contributed by atoms with Crippen LogP contribution in [0.25, 0.3) is 0 Å². The maximum Gasteiger partial charge on any atom is 0.278 e. The zero-order valence-electron chi connectivity index (χ0n) is 7.48. The lowest BCUT2D eigenvalue weighted by molar-refractivity contribution is 0.476. The Bertz CT molecular complexity index is 463. The molecule has 0 bridgehead atoms. The van der Waals surface area contributed by atoms with Gasteiger partial charge in [0.25, 0.3) is 5.19 Å². The Morgan fingerprint density at radius 3 is 2.93 bits per heavy atom. The van der Waals surface area contributed by atoms with Crippen LogP contribution in [-0.4, -0.2) is 9.97 Å². The molecule has 2 rings (SSSR count). The van der Waals surface area contributed by atoms with Crippen LogP contribution < -0.4 is 4.74 Å². The van der Waals surface area contributed by atoms with Crippen LogP contribution in [0.2, 0.25) is 0 Å². The summed E-state index contributed by atoms with van der Waals surface area (Å²) in [6.07, 6.45) is 5.03. The summed E-state index contributed by atoms with van der Waals surface area (Å²) in [6.45, 7) is 0. The first-order valence-corrected chi connectivity index (χ1v) is 6.21. The van der Waals surface area contributed by atoms with E-state index < -0.39 is 0 Å². The van der Waals surface area contributed by atoms with Crippen LogP contribution in [0, 0.1) is 0 Å².